The highest BCUT2D eigenvalue weighted by Crippen LogP contribution is 2.00. The zero-order valence-corrected chi connectivity index (χ0v) is 11.0. The molecule has 106 valence electrons. The van der Waals surface area contributed by atoms with Gasteiger partial charge < -0.3 is 20.9 Å². The van der Waals surface area contributed by atoms with Gasteiger partial charge in [-0.1, -0.05) is 30.3 Å². The predicted octanol–water partition coefficient (Wildman–Crippen LogP) is 0.419. The monoisotopic (exact) mass is 266 g/mol. The minimum Gasteiger partial charge on any atom is -0.389 e. The first-order chi connectivity index (χ1) is 9.18. The molecule has 0 fully saturated rings. The third kappa shape index (κ3) is 8.31. The van der Waals surface area contributed by atoms with Gasteiger partial charge in [-0.2, -0.15) is 0 Å². The van der Waals surface area contributed by atoms with Gasteiger partial charge in [0.2, 0.25) is 5.91 Å². The molecule has 4 N–H and O–H groups in total. The van der Waals surface area contributed by atoms with E-state index in [0.29, 0.717) is 32.5 Å². The molecule has 5 nitrogen and oxygen atoms in total. The lowest BCUT2D eigenvalue weighted by Crippen LogP contribution is -2.31. The Kier molecular flexibility index (Phi) is 7.81. The summed E-state index contributed by atoms with van der Waals surface area (Å²) in [5, 5.41) is 12.7. The van der Waals surface area contributed by atoms with Crippen LogP contribution in [0.1, 0.15) is 18.4 Å². The number of hydrogen-bond acceptors (Lipinski definition) is 4. The Morgan fingerprint density at radius 2 is 2.11 bits per heavy atom. The average molecular weight is 266 g/mol. The number of carbonyl (C=O) groups excluding carboxylic acids is 1. The van der Waals surface area contributed by atoms with Crippen LogP contribution >= 0.6 is 0 Å². The van der Waals surface area contributed by atoms with E-state index in [-0.39, 0.29) is 12.5 Å². The van der Waals surface area contributed by atoms with Crippen LogP contribution in [0.3, 0.4) is 0 Å². The molecule has 0 bridgehead atoms. The topological polar surface area (TPSA) is 84.6 Å². The van der Waals surface area contributed by atoms with E-state index >= 15 is 0 Å². The second-order valence-electron chi connectivity index (χ2n) is 4.43. The smallest absolute Gasteiger partial charge is 0.217 e. The van der Waals surface area contributed by atoms with Crippen molar-refractivity contribution in [2.45, 2.75) is 25.6 Å². The first kappa shape index (κ1) is 15.6. The zero-order chi connectivity index (χ0) is 13.9. The summed E-state index contributed by atoms with van der Waals surface area (Å²) in [5.41, 5.74) is 6.11. The number of aliphatic hydroxyl groups excluding tert-OH is 1. The highest BCUT2D eigenvalue weighted by Gasteiger charge is 2.04. The van der Waals surface area contributed by atoms with Gasteiger partial charge in [-0.05, 0) is 18.5 Å². The van der Waals surface area contributed by atoms with Crippen LogP contribution < -0.4 is 11.1 Å². The number of nitrogens with one attached hydrogen (secondary N) is 1. The van der Waals surface area contributed by atoms with Crippen molar-refractivity contribution in [3.63, 3.8) is 0 Å². The van der Waals surface area contributed by atoms with Crippen molar-refractivity contribution in [3.05, 3.63) is 35.9 Å². The quantitative estimate of drug-likeness (QED) is 0.536. The van der Waals surface area contributed by atoms with Crippen molar-refractivity contribution >= 4 is 5.91 Å². The normalized spacial score (nSPS) is 12.3. The molecule has 0 aliphatic carbocycles. The maximum absolute atomic E-state index is 10.5. The molecule has 0 aliphatic rings. The molecular weight excluding hydrogens is 244 g/mol. The minimum atomic E-state index is -0.544. The maximum atomic E-state index is 10.5. The van der Waals surface area contributed by atoms with E-state index in [2.05, 4.69) is 5.32 Å². The summed E-state index contributed by atoms with van der Waals surface area (Å²) in [4.78, 5) is 10.5. The molecule has 1 unspecified atom stereocenters. The van der Waals surface area contributed by atoms with E-state index in [1.54, 1.807) is 0 Å². The Labute approximate surface area is 113 Å². The summed E-state index contributed by atoms with van der Waals surface area (Å²) in [6.45, 7) is 1.91. The molecule has 5 heteroatoms. The van der Waals surface area contributed by atoms with Gasteiger partial charge in [0, 0.05) is 13.0 Å². The Morgan fingerprint density at radius 1 is 1.37 bits per heavy atom. The molecule has 1 atom stereocenters. The standard InChI is InChI=1S/C14H22N2O3/c15-14(18)7-4-8-16-9-13(17)11-19-10-12-5-2-1-3-6-12/h1-3,5-6,13,16-17H,4,7-11H2,(H2,15,18). The van der Waals surface area contributed by atoms with E-state index in [1.165, 1.54) is 0 Å². The lowest BCUT2D eigenvalue weighted by atomic mass is 10.2. The predicted molar refractivity (Wildman–Crippen MR) is 73.4 cm³/mol. The van der Waals surface area contributed by atoms with E-state index in [4.69, 9.17) is 10.5 Å². The number of hydrogen-bond donors (Lipinski definition) is 3. The Morgan fingerprint density at radius 3 is 2.79 bits per heavy atom. The van der Waals surface area contributed by atoms with Crippen molar-refractivity contribution < 1.29 is 14.6 Å². The average Bonchev–Trinajstić information content (AvgIpc) is 2.39. The van der Waals surface area contributed by atoms with Gasteiger partial charge >= 0.3 is 0 Å². The first-order valence-electron chi connectivity index (χ1n) is 6.47. The second kappa shape index (κ2) is 9.49. The van der Waals surface area contributed by atoms with Gasteiger partial charge in [0.15, 0.2) is 0 Å². The summed E-state index contributed by atoms with van der Waals surface area (Å²) in [6.07, 6.45) is 0.512. The van der Waals surface area contributed by atoms with E-state index in [1.807, 2.05) is 30.3 Å². The van der Waals surface area contributed by atoms with E-state index < -0.39 is 6.10 Å². The number of amides is 1. The van der Waals surface area contributed by atoms with Crippen molar-refractivity contribution in [2.75, 3.05) is 19.7 Å². The van der Waals surface area contributed by atoms with Gasteiger partial charge in [0.05, 0.1) is 19.3 Å². The van der Waals surface area contributed by atoms with Crippen molar-refractivity contribution in [1.82, 2.24) is 5.32 Å². The third-order valence-corrected chi connectivity index (χ3v) is 2.58. The number of primary amides is 1. The SMILES string of the molecule is NC(=O)CCCNCC(O)COCc1ccccc1. The molecule has 1 amide bonds. The molecule has 0 aromatic heterocycles. The van der Waals surface area contributed by atoms with Crippen LogP contribution in [-0.2, 0) is 16.1 Å². The zero-order valence-electron chi connectivity index (χ0n) is 11.0. The molecular formula is C14H22N2O3. The number of ether oxygens (including phenoxy) is 1. The molecule has 1 aromatic carbocycles. The Hall–Kier alpha value is -1.43. The summed E-state index contributed by atoms with van der Waals surface area (Å²) in [6, 6.07) is 9.82. The van der Waals surface area contributed by atoms with Crippen molar-refractivity contribution in [2.24, 2.45) is 5.73 Å². The number of carbonyl (C=O) groups is 1. The number of nitrogens with two attached hydrogens (primary N) is 1. The van der Waals surface area contributed by atoms with Crippen LogP contribution in [0, 0.1) is 0 Å². The fourth-order valence-electron chi connectivity index (χ4n) is 1.60. The summed E-state index contributed by atoms with van der Waals surface area (Å²) < 4.78 is 5.41. The molecule has 0 radical (unpaired) electrons. The summed E-state index contributed by atoms with van der Waals surface area (Å²) in [7, 11) is 0. The highest BCUT2D eigenvalue weighted by atomic mass is 16.5. The fraction of sp³-hybridized carbons (Fsp3) is 0.500. The Balaban J connectivity index is 1.99. The van der Waals surface area contributed by atoms with Gasteiger partial charge in [-0.3, -0.25) is 4.79 Å². The number of rotatable bonds is 10. The van der Waals surface area contributed by atoms with Gasteiger partial charge in [-0.25, -0.2) is 0 Å². The van der Waals surface area contributed by atoms with Gasteiger partial charge in [0.25, 0.3) is 0 Å². The lowest BCUT2D eigenvalue weighted by Gasteiger charge is -2.12. The highest BCUT2D eigenvalue weighted by molar-refractivity contribution is 5.73. The van der Waals surface area contributed by atoms with E-state index in [0.717, 1.165) is 5.56 Å². The van der Waals surface area contributed by atoms with Crippen LogP contribution in [0.5, 0.6) is 0 Å². The molecule has 0 aliphatic heterocycles. The number of aliphatic hydroxyl groups is 1. The van der Waals surface area contributed by atoms with E-state index in [9.17, 15) is 9.90 Å². The van der Waals surface area contributed by atoms with Crippen LogP contribution in [-0.4, -0.2) is 36.8 Å². The minimum absolute atomic E-state index is 0.289. The molecule has 1 rings (SSSR count). The summed E-state index contributed by atoms with van der Waals surface area (Å²) in [5.74, 6) is -0.298. The number of benzene rings is 1. The van der Waals surface area contributed by atoms with Crippen LogP contribution in [0.15, 0.2) is 30.3 Å². The second-order valence-corrected chi connectivity index (χ2v) is 4.43. The third-order valence-electron chi connectivity index (χ3n) is 2.58. The van der Waals surface area contributed by atoms with Crippen LogP contribution in [0.2, 0.25) is 0 Å². The summed E-state index contributed by atoms with van der Waals surface area (Å²) >= 11 is 0. The van der Waals surface area contributed by atoms with Crippen molar-refractivity contribution in [3.8, 4) is 0 Å². The molecule has 0 spiro atoms. The molecule has 19 heavy (non-hydrogen) atoms. The fourth-order valence-corrected chi connectivity index (χ4v) is 1.60. The van der Waals surface area contributed by atoms with Gasteiger partial charge in [0.1, 0.15) is 0 Å². The van der Waals surface area contributed by atoms with Gasteiger partial charge in [-0.15, -0.1) is 0 Å². The van der Waals surface area contributed by atoms with Crippen LogP contribution in [0.4, 0.5) is 0 Å². The van der Waals surface area contributed by atoms with Crippen molar-refractivity contribution in [1.29, 1.82) is 0 Å². The largest absolute Gasteiger partial charge is 0.389 e. The maximum Gasteiger partial charge on any atom is 0.217 e. The molecule has 1 aromatic rings. The first-order valence-corrected chi connectivity index (χ1v) is 6.47. The molecule has 0 heterocycles. The molecule has 0 saturated carbocycles. The molecule has 0 saturated heterocycles. The Bertz CT molecular complexity index is 357. The van der Waals surface area contributed by atoms with Crippen LogP contribution in [0.25, 0.3) is 0 Å². The lowest BCUT2D eigenvalue weighted by molar-refractivity contribution is -0.118.